The van der Waals surface area contributed by atoms with Gasteiger partial charge in [0.25, 0.3) is 0 Å². The molecule has 0 heterocycles. The molecule has 0 bridgehead atoms. The number of nitrogens with zero attached hydrogens (tertiary/aromatic N) is 1. The third-order valence-corrected chi connectivity index (χ3v) is 4.05. The molecule has 5 atom stereocenters. The summed E-state index contributed by atoms with van der Waals surface area (Å²) in [6.07, 6.45) is -10.2. The van der Waals surface area contributed by atoms with Crippen molar-refractivity contribution in [2.75, 3.05) is 27.7 Å². The van der Waals surface area contributed by atoms with E-state index < -0.39 is 84.1 Å². The zero-order valence-electron chi connectivity index (χ0n) is 22.6. The van der Waals surface area contributed by atoms with E-state index in [2.05, 4.69) is 0 Å². The Kier molecular flexibility index (Phi) is 28.8. The number of aliphatic hydroxyl groups is 5. The molecule has 0 rings (SSSR count). The summed E-state index contributed by atoms with van der Waals surface area (Å²) in [6.45, 7) is 0.425. The molecule has 0 saturated carbocycles. The van der Waals surface area contributed by atoms with Crippen molar-refractivity contribution in [3.8, 4) is 0 Å². The minimum Gasteiger partial charge on any atom is -0.550 e. The zero-order valence-corrected chi connectivity index (χ0v) is 26.8. The summed E-state index contributed by atoms with van der Waals surface area (Å²) < 4.78 is 0.550. The number of quaternary nitrogens is 1. The van der Waals surface area contributed by atoms with Gasteiger partial charge < -0.3 is 99.3 Å². The van der Waals surface area contributed by atoms with Gasteiger partial charge in [-0.1, -0.05) is 0 Å². The van der Waals surface area contributed by atoms with Gasteiger partial charge in [0.1, 0.15) is 36.1 Å². The van der Waals surface area contributed by atoms with Gasteiger partial charge in [-0.3, -0.25) is 0 Å². The maximum atomic E-state index is 10.2. The van der Waals surface area contributed by atoms with Gasteiger partial charge in [0.05, 0.1) is 45.0 Å². The fraction of sp³-hybridized carbons (Fsp3) is 0.632. The molecule has 23 heteroatoms. The van der Waals surface area contributed by atoms with E-state index in [1.165, 1.54) is 0 Å². The molecule has 5 N–H and O–H groups in total. The van der Waals surface area contributed by atoms with Crippen LogP contribution in [0, 0.1) is 0 Å². The van der Waals surface area contributed by atoms with Crippen molar-refractivity contribution >= 4 is 111 Å². The normalized spacial score (nSPS) is 15.0. The predicted molar refractivity (Wildman–Crippen MR) is 117 cm³/mol. The van der Waals surface area contributed by atoms with Gasteiger partial charge in [0, 0.05) is 37.2 Å². The minimum absolute atomic E-state index is 0. The van der Waals surface area contributed by atoms with Crippen molar-refractivity contribution in [3.63, 3.8) is 0 Å². The summed E-state index contributed by atoms with van der Waals surface area (Å²) in [5.74, 6) is -14.9. The Balaban J connectivity index is -0.000000113. The Morgan fingerprint density at radius 1 is 0.595 bits per heavy atom. The van der Waals surface area contributed by atoms with Crippen LogP contribution in [-0.4, -0.2) is 198 Å². The molecular formula is C19H25Mg3NO19. The van der Waals surface area contributed by atoms with Crippen molar-refractivity contribution in [3.05, 3.63) is 0 Å². The third-order valence-electron chi connectivity index (χ3n) is 4.05. The van der Waals surface area contributed by atoms with Gasteiger partial charge >= 0.3 is 69.2 Å². The number of likely N-dealkylation sites (N-methyl/N-ethyl adjacent to an activating group) is 1. The molecule has 0 aliphatic carbocycles. The summed E-state index contributed by atoms with van der Waals surface area (Å²) >= 11 is 0. The average Bonchev–Trinajstić information content (AvgIpc) is 2.69. The van der Waals surface area contributed by atoms with E-state index in [1.807, 2.05) is 21.1 Å². The maximum Gasteiger partial charge on any atom is 2.00 e. The Labute approximate surface area is 285 Å². The van der Waals surface area contributed by atoms with Crippen LogP contribution in [0.3, 0.4) is 0 Å². The molecule has 0 aliphatic heterocycles. The van der Waals surface area contributed by atoms with E-state index in [4.69, 9.17) is 25.5 Å². The van der Waals surface area contributed by atoms with Crippen LogP contribution in [0.25, 0.3) is 0 Å². The van der Waals surface area contributed by atoms with E-state index in [9.17, 15) is 69.3 Å². The van der Waals surface area contributed by atoms with Gasteiger partial charge in [0.15, 0.2) is 0 Å². The van der Waals surface area contributed by atoms with Crippen LogP contribution in [-0.2, 0) is 33.6 Å². The van der Waals surface area contributed by atoms with Gasteiger partial charge in [-0.15, -0.1) is 0 Å². The number of aliphatic carboxylic acids is 7. The van der Waals surface area contributed by atoms with Crippen LogP contribution in [0.2, 0.25) is 0 Å². The molecule has 0 fully saturated rings. The Bertz CT molecular complexity index is 871. The quantitative estimate of drug-likeness (QED) is 0.0865. The average molecular weight is 644 g/mol. The Hall–Kier alpha value is -1.65. The molecule has 20 nitrogen and oxygen atoms in total. The van der Waals surface area contributed by atoms with E-state index >= 15 is 0 Å². The van der Waals surface area contributed by atoms with Crippen LogP contribution < -0.4 is 35.7 Å². The van der Waals surface area contributed by atoms with Crippen LogP contribution in [0.5, 0.6) is 0 Å². The summed E-state index contributed by atoms with van der Waals surface area (Å²) in [4.78, 5) is 70.3. The number of hydrogen-bond donors (Lipinski definition) is 5. The first-order valence-electron chi connectivity index (χ1n) is 9.98. The van der Waals surface area contributed by atoms with Gasteiger partial charge in [-0.2, -0.15) is 0 Å². The fourth-order valence-electron chi connectivity index (χ4n) is 2.28. The molecule has 0 saturated heterocycles. The van der Waals surface area contributed by atoms with Crippen LogP contribution in [0.15, 0.2) is 0 Å². The number of rotatable bonds is 14. The molecule has 0 amide bonds. The van der Waals surface area contributed by atoms with Gasteiger partial charge in [0.2, 0.25) is 0 Å². The van der Waals surface area contributed by atoms with E-state index in [-0.39, 0.29) is 75.6 Å². The number of carboxylic acids is 7. The minimum atomic E-state index is -3.46. The summed E-state index contributed by atoms with van der Waals surface area (Å²) in [5, 5.41) is 115. The smallest absolute Gasteiger partial charge is 0.550 e. The fourth-order valence-corrected chi connectivity index (χ4v) is 2.28. The van der Waals surface area contributed by atoms with Crippen LogP contribution >= 0.6 is 0 Å². The number of carbonyl (C=O) groups is 7. The van der Waals surface area contributed by atoms with Crippen LogP contribution in [0.1, 0.15) is 19.3 Å². The van der Waals surface area contributed by atoms with E-state index in [1.54, 1.807) is 0 Å². The van der Waals surface area contributed by atoms with E-state index in [0.29, 0.717) is 11.0 Å². The summed E-state index contributed by atoms with van der Waals surface area (Å²) in [5.41, 5.74) is -6.92. The molecule has 226 valence electrons. The van der Waals surface area contributed by atoms with Crippen molar-refractivity contribution in [1.29, 1.82) is 0 Å². The van der Waals surface area contributed by atoms with E-state index in [0.717, 1.165) is 0 Å². The largest absolute Gasteiger partial charge is 2.00 e. The zero-order chi connectivity index (χ0) is 32.1. The molecule has 0 spiro atoms. The number of carboxylic acid groups (broad SMARTS) is 7. The molecule has 0 aromatic heterocycles. The topological polar surface area (TPSA) is 382 Å². The number of carbonyl (C=O) groups excluding carboxylic acids is 7. The molecule has 0 radical (unpaired) electrons. The molecule has 0 aliphatic rings. The van der Waals surface area contributed by atoms with Crippen molar-refractivity contribution in [1.82, 2.24) is 0 Å². The predicted octanol–water partition coefficient (Wildman–Crippen LogP) is -15.5. The molecule has 42 heavy (non-hydrogen) atoms. The van der Waals surface area contributed by atoms with Gasteiger partial charge in [-0.25, -0.2) is 0 Å². The first-order chi connectivity index (χ1) is 17.2. The first-order valence-corrected chi connectivity index (χ1v) is 9.98. The molecule has 5 unspecified atom stereocenters. The standard InChI is InChI=1S/C7H15NO3.2C6H8O8.3Mg/c1-8(2,3)5-6(9)4-7(10)11;2*7-2(8)1-6(14,5(12)13)3(9)4(10)11;;;/h6,9H,4-5H2,1-3H3;2*3,9,14H,1H2,(H,7,8)(H,10,11)(H,12,13);;;/q;;;3*+2/p-6. The van der Waals surface area contributed by atoms with Crippen LogP contribution in [0.4, 0.5) is 0 Å². The monoisotopic (exact) mass is 643 g/mol. The van der Waals surface area contributed by atoms with Crippen molar-refractivity contribution in [2.45, 2.75) is 48.8 Å². The Morgan fingerprint density at radius 2 is 0.857 bits per heavy atom. The Morgan fingerprint density at radius 3 is 1.00 bits per heavy atom. The maximum absolute atomic E-state index is 10.2. The van der Waals surface area contributed by atoms with Gasteiger partial charge in [-0.05, 0) is 0 Å². The van der Waals surface area contributed by atoms with Crippen molar-refractivity contribution < 1.29 is 99.3 Å². The number of hydrogen-bond acceptors (Lipinski definition) is 19. The van der Waals surface area contributed by atoms with Crippen molar-refractivity contribution in [2.24, 2.45) is 0 Å². The third kappa shape index (κ3) is 22.0. The first kappa shape index (κ1) is 53.0. The second-order valence-corrected chi connectivity index (χ2v) is 8.67. The molecule has 0 aromatic carbocycles. The SMILES string of the molecule is C[N+](C)(C)CC(O)CC(=O)[O-].O=C([O-])CC(O)(C(=O)[O-])C(O)C(=O)[O-].O=C([O-])CC(O)(C(=O)[O-])C(O)C(=O)[O-].[Mg+2].[Mg+2].[Mg+2]. The second-order valence-electron chi connectivity index (χ2n) is 8.67. The second kappa shape index (κ2) is 22.8. The molecular weight excluding hydrogens is 619 g/mol. The summed E-state index contributed by atoms with van der Waals surface area (Å²) in [7, 11) is 5.66. The molecule has 0 aromatic rings. The summed E-state index contributed by atoms with van der Waals surface area (Å²) in [6, 6.07) is 0. The number of aliphatic hydroxyl groups excluding tert-OH is 3.